The number of aromatic nitrogens is 2. The highest BCUT2D eigenvalue weighted by atomic mass is 16.1. The normalized spacial score (nSPS) is 14.7. The quantitative estimate of drug-likeness (QED) is 0.817. The molecule has 2 heterocycles. The summed E-state index contributed by atoms with van der Waals surface area (Å²) in [4.78, 5) is 16.3. The minimum absolute atomic E-state index is 0.0405. The van der Waals surface area contributed by atoms with Gasteiger partial charge in [-0.3, -0.25) is 4.79 Å². The summed E-state index contributed by atoms with van der Waals surface area (Å²) in [5, 5.41) is 6.01. The lowest BCUT2D eigenvalue weighted by Crippen LogP contribution is -2.29. The fraction of sp³-hybridized carbons (Fsp3) is 0.692. The van der Waals surface area contributed by atoms with E-state index in [-0.39, 0.29) is 5.91 Å². The van der Waals surface area contributed by atoms with Gasteiger partial charge in [-0.05, 0) is 5.92 Å². The smallest absolute Gasteiger partial charge is 0.239 e. The van der Waals surface area contributed by atoms with Crippen molar-refractivity contribution in [1.82, 2.24) is 20.2 Å². The Morgan fingerprint density at radius 1 is 1.56 bits per heavy atom. The zero-order valence-electron chi connectivity index (χ0n) is 11.4. The summed E-state index contributed by atoms with van der Waals surface area (Å²) < 4.78 is 2.11. The molecule has 100 valence electrons. The predicted molar refractivity (Wildman–Crippen MR) is 70.2 cm³/mol. The number of nitrogens with one attached hydrogen (secondary N) is 2. The summed E-state index contributed by atoms with van der Waals surface area (Å²) in [6.45, 7) is 6.53. The van der Waals surface area contributed by atoms with Gasteiger partial charge in [0, 0.05) is 38.7 Å². The molecule has 0 spiro atoms. The fourth-order valence-electron chi connectivity index (χ4n) is 2.36. The molecule has 0 aromatic carbocycles. The number of fused-ring (bicyclic) bond motifs is 1. The molecule has 0 bridgehead atoms. The molecule has 1 amide bonds. The molecule has 0 fully saturated rings. The molecular weight excluding hydrogens is 228 g/mol. The number of hydrogen-bond acceptors (Lipinski definition) is 3. The third kappa shape index (κ3) is 2.72. The van der Waals surface area contributed by atoms with Crippen molar-refractivity contribution in [3.05, 3.63) is 17.2 Å². The van der Waals surface area contributed by atoms with Gasteiger partial charge in [0.05, 0.1) is 5.69 Å². The van der Waals surface area contributed by atoms with Gasteiger partial charge < -0.3 is 15.2 Å². The van der Waals surface area contributed by atoms with Crippen LogP contribution in [0.1, 0.15) is 31.1 Å². The van der Waals surface area contributed by atoms with Crippen LogP contribution in [0, 0.1) is 5.92 Å². The molecule has 0 aliphatic carbocycles. The van der Waals surface area contributed by atoms with Crippen LogP contribution in [0.3, 0.4) is 0 Å². The van der Waals surface area contributed by atoms with E-state index in [1.165, 1.54) is 5.69 Å². The maximum atomic E-state index is 11.6. The van der Waals surface area contributed by atoms with E-state index in [1.807, 2.05) is 0 Å². The van der Waals surface area contributed by atoms with Gasteiger partial charge in [-0.25, -0.2) is 4.98 Å². The van der Waals surface area contributed by atoms with Gasteiger partial charge in [-0.1, -0.05) is 13.8 Å². The van der Waals surface area contributed by atoms with Crippen molar-refractivity contribution in [2.24, 2.45) is 5.92 Å². The standard InChI is InChI=1S/C13H22N4O/c1-9(2)6-12-16-10-7-15-5-4-11(10)17(12)8-13(18)14-3/h9,15H,4-8H2,1-3H3,(H,14,18). The SMILES string of the molecule is CNC(=O)Cn1c(CC(C)C)nc2c1CCNC2. The van der Waals surface area contributed by atoms with E-state index in [4.69, 9.17) is 4.98 Å². The molecule has 0 saturated heterocycles. The summed E-state index contributed by atoms with van der Waals surface area (Å²) >= 11 is 0. The second-order valence-electron chi connectivity index (χ2n) is 5.21. The van der Waals surface area contributed by atoms with Crippen molar-refractivity contribution in [3.63, 3.8) is 0 Å². The Kier molecular flexibility index (Phi) is 4.01. The highest BCUT2D eigenvalue weighted by molar-refractivity contribution is 5.75. The molecule has 5 nitrogen and oxygen atoms in total. The Morgan fingerprint density at radius 2 is 2.33 bits per heavy atom. The lowest BCUT2D eigenvalue weighted by molar-refractivity contribution is -0.121. The van der Waals surface area contributed by atoms with Crippen LogP contribution >= 0.6 is 0 Å². The Labute approximate surface area is 108 Å². The number of carbonyl (C=O) groups is 1. The molecular formula is C13H22N4O. The topological polar surface area (TPSA) is 59.0 Å². The second kappa shape index (κ2) is 5.52. The number of rotatable bonds is 4. The summed E-state index contributed by atoms with van der Waals surface area (Å²) in [6, 6.07) is 0. The number of imidazole rings is 1. The monoisotopic (exact) mass is 250 g/mol. The van der Waals surface area contributed by atoms with Gasteiger partial charge in [0.2, 0.25) is 5.91 Å². The van der Waals surface area contributed by atoms with Crippen LogP contribution in [-0.2, 0) is 30.7 Å². The number of likely N-dealkylation sites (N-methyl/N-ethyl adjacent to an activating group) is 1. The zero-order valence-corrected chi connectivity index (χ0v) is 11.4. The van der Waals surface area contributed by atoms with E-state index in [9.17, 15) is 4.79 Å². The van der Waals surface area contributed by atoms with Crippen molar-refractivity contribution in [2.75, 3.05) is 13.6 Å². The molecule has 1 aliphatic rings. The zero-order chi connectivity index (χ0) is 13.1. The molecule has 0 saturated carbocycles. The van der Waals surface area contributed by atoms with E-state index < -0.39 is 0 Å². The number of hydrogen-bond donors (Lipinski definition) is 2. The van der Waals surface area contributed by atoms with Crippen LogP contribution in [0.25, 0.3) is 0 Å². The van der Waals surface area contributed by atoms with E-state index in [0.717, 1.165) is 37.4 Å². The van der Waals surface area contributed by atoms with Crippen LogP contribution in [0.4, 0.5) is 0 Å². The molecule has 5 heteroatoms. The molecule has 1 aromatic heterocycles. The highest BCUT2D eigenvalue weighted by Crippen LogP contribution is 2.18. The maximum Gasteiger partial charge on any atom is 0.239 e. The first-order chi connectivity index (χ1) is 8.61. The van der Waals surface area contributed by atoms with Crippen LogP contribution in [0.2, 0.25) is 0 Å². The van der Waals surface area contributed by atoms with Crippen molar-refractivity contribution in [3.8, 4) is 0 Å². The number of amides is 1. The van der Waals surface area contributed by atoms with Gasteiger partial charge in [0.25, 0.3) is 0 Å². The summed E-state index contributed by atoms with van der Waals surface area (Å²) in [6.07, 6.45) is 1.88. The van der Waals surface area contributed by atoms with Gasteiger partial charge in [-0.2, -0.15) is 0 Å². The first kappa shape index (κ1) is 13.1. The minimum atomic E-state index is 0.0405. The van der Waals surface area contributed by atoms with E-state index in [1.54, 1.807) is 7.05 Å². The van der Waals surface area contributed by atoms with Crippen LogP contribution in [-0.4, -0.2) is 29.1 Å². The molecule has 1 aliphatic heterocycles. The molecule has 0 unspecified atom stereocenters. The predicted octanol–water partition coefficient (Wildman–Crippen LogP) is 0.473. The van der Waals surface area contributed by atoms with Crippen molar-refractivity contribution in [2.45, 2.75) is 39.8 Å². The molecule has 0 atom stereocenters. The lowest BCUT2D eigenvalue weighted by atomic mass is 10.1. The summed E-state index contributed by atoms with van der Waals surface area (Å²) in [7, 11) is 1.68. The van der Waals surface area contributed by atoms with Crippen molar-refractivity contribution >= 4 is 5.91 Å². The Bertz CT molecular complexity index is 436. The van der Waals surface area contributed by atoms with Crippen LogP contribution in [0.5, 0.6) is 0 Å². The number of carbonyl (C=O) groups excluding carboxylic acids is 1. The average Bonchev–Trinajstić information content (AvgIpc) is 2.66. The Morgan fingerprint density at radius 3 is 3.00 bits per heavy atom. The third-order valence-corrected chi connectivity index (χ3v) is 3.24. The molecule has 2 N–H and O–H groups in total. The first-order valence-corrected chi connectivity index (χ1v) is 6.60. The molecule has 2 rings (SSSR count). The summed E-state index contributed by atoms with van der Waals surface area (Å²) in [5.41, 5.74) is 2.34. The minimum Gasteiger partial charge on any atom is -0.358 e. The first-order valence-electron chi connectivity index (χ1n) is 6.60. The van der Waals surface area contributed by atoms with Crippen molar-refractivity contribution in [1.29, 1.82) is 0 Å². The van der Waals surface area contributed by atoms with Crippen LogP contribution < -0.4 is 10.6 Å². The number of nitrogens with zero attached hydrogens (tertiary/aromatic N) is 2. The van der Waals surface area contributed by atoms with Crippen LogP contribution in [0.15, 0.2) is 0 Å². The second-order valence-corrected chi connectivity index (χ2v) is 5.21. The summed E-state index contributed by atoms with van der Waals surface area (Å²) in [5.74, 6) is 1.63. The maximum absolute atomic E-state index is 11.6. The third-order valence-electron chi connectivity index (χ3n) is 3.24. The van der Waals surface area contributed by atoms with Gasteiger partial charge in [0.15, 0.2) is 0 Å². The fourth-order valence-corrected chi connectivity index (χ4v) is 2.36. The Hall–Kier alpha value is -1.36. The van der Waals surface area contributed by atoms with Crippen molar-refractivity contribution < 1.29 is 4.79 Å². The molecule has 18 heavy (non-hydrogen) atoms. The average molecular weight is 250 g/mol. The highest BCUT2D eigenvalue weighted by Gasteiger charge is 2.21. The largest absolute Gasteiger partial charge is 0.358 e. The lowest BCUT2D eigenvalue weighted by Gasteiger charge is -2.16. The van der Waals surface area contributed by atoms with E-state index in [0.29, 0.717) is 12.5 Å². The Balaban J connectivity index is 2.32. The molecule has 0 radical (unpaired) electrons. The van der Waals surface area contributed by atoms with Gasteiger partial charge in [-0.15, -0.1) is 0 Å². The van der Waals surface area contributed by atoms with Gasteiger partial charge >= 0.3 is 0 Å². The van der Waals surface area contributed by atoms with E-state index in [2.05, 4.69) is 29.0 Å². The van der Waals surface area contributed by atoms with Gasteiger partial charge in [0.1, 0.15) is 12.4 Å². The molecule has 1 aromatic rings. The van der Waals surface area contributed by atoms with E-state index >= 15 is 0 Å².